The van der Waals surface area contributed by atoms with Gasteiger partial charge in [-0.25, -0.2) is 0 Å². The van der Waals surface area contributed by atoms with Crippen LogP contribution in [0.2, 0.25) is 0 Å². The van der Waals surface area contributed by atoms with E-state index < -0.39 is 0 Å². The summed E-state index contributed by atoms with van der Waals surface area (Å²) in [4.78, 5) is 19.4. The molecule has 3 aromatic rings. The number of carbonyl (C=O) groups excluding carboxylic acids is 1. The largest absolute Gasteiger partial charge is 0.274 e. The summed E-state index contributed by atoms with van der Waals surface area (Å²) in [6.45, 7) is 4.25. The third-order valence-corrected chi connectivity index (χ3v) is 4.22. The lowest BCUT2D eigenvalue weighted by molar-refractivity contribution is 0.101. The van der Waals surface area contributed by atoms with E-state index in [4.69, 9.17) is 0 Å². The summed E-state index contributed by atoms with van der Waals surface area (Å²) in [5, 5.41) is 1.03. The highest BCUT2D eigenvalue weighted by Crippen LogP contribution is 2.39. The summed E-state index contributed by atoms with van der Waals surface area (Å²) in [5.41, 5.74) is 4.36. The molecular weight excluding hydrogens is 296 g/mol. The molecule has 0 spiro atoms. The molecule has 1 aromatic heterocycles. The van der Waals surface area contributed by atoms with E-state index in [1.165, 1.54) is 0 Å². The second kappa shape index (κ2) is 5.60. The first kappa shape index (κ1) is 14.6. The maximum Gasteiger partial charge on any atom is 0.263 e. The topological polar surface area (TPSA) is 33.2 Å². The molecule has 0 saturated carbocycles. The number of benzene rings is 2. The normalized spacial score (nSPS) is 15.5. The Balaban J connectivity index is 1.98. The molecule has 0 aliphatic carbocycles. The molecule has 1 aliphatic heterocycles. The van der Waals surface area contributed by atoms with Gasteiger partial charge in [0.05, 0.1) is 16.9 Å². The minimum Gasteiger partial charge on any atom is -0.274 e. The highest BCUT2D eigenvalue weighted by atomic mass is 16.2. The SMILES string of the molecule is CC(C)C=C1c2ccccc2C(=O)N1c1cccc2cccnc12. The van der Waals surface area contributed by atoms with Crippen LogP contribution in [0.4, 0.5) is 5.69 Å². The molecule has 3 nitrogen and oxygen atoms in total. The molecule has 0 fully saturated rings. The summed E-state index contributed by atoms with van der Waals surface area (Å²) < 4.78 is 0. The summed E-state index contributed by atoms with van der Waals surface area (Å²) in [6, 6.07) is 17.7. The number of hydrogen-bond acceptors (Lipinski definition) is 2. The van der Waals surface area contributed by atoms with Crippen LogP contribution < -0.4 is 4.90 Å². The Morgan fingerprint density at radius 2 is 1.71 bits per heavy atom. The van der Waals surface area contributed by atoms with Crippen LogP contribution in [-0.2, 0) is 0 Å². The third-order valence-electron chi connectivity index (χ3n) is 4.22. The van der Waals surface area contributed by atoms with Crippen LogP contribution >= 0.6 is 0 Å². The zero-order chi connectivity index (χ0) is 16.7. The molecule has 2 aromatic carbocycles. The summed E-state index contributed by atoms with van der Waals surface area (Å²) in [5.74, 6) is 0.347. The smallest absolute Gasteiger partial charge is 0.263 e. The van der Waals surface area contributed by atoms with E-state index in [1.54, 1.807) is 11.1 Å². The lowest BCUT2D eigenvalue weighted by Crippen LogP contribution is -2.23. The van der Waals surface area contributed by atoms with E-state index in [0.29, 0.717) is 5.92 Å². The van der Waals surface area contributed by atoms with Gasteiger partial charge in [-0.3, -0.25) is 14.7 Å². The lowest BCUT2D eigenvalue weighted by atomic mass is 10.1. The van der Waals surface area contributed by atoms with Gasteiger partial charge < -0.3 is 0 Å². The highest BCUT2D eigenvalue weighted by Gasteiger charge is 2.34. The first-order chi connectivity index (χ1) is 11.7. The van der Waals surface area contributed by atoms with Crippen molar-refractivity contribution in [2.45, 2.75) is 13.8 Å². The maximum atomic E-state index is 13.1. The van der Waals surface area contributed by atoms with Crippen molar-refractivity contribution in [3.8, 4) is 0 Å². The first-order valence-corrected chi connectivity index (χ1v) is 8.16. The minimum absolute atomic E-state index is 0.00986. The van der Waals surface area contributed by atoms with Crippen LogP contribution in [0.3, 0.4) is 0 Å². The fraction of sp³-hybridized carbons (Fsp3) is 0.143. The van der Waals surface area contributed by atoms with E-state index in [0.717, 1.165) is 33.4 Å². The second-order valence-electron chi connectivity index (χ2n) is 6.33. The summed E-state index contributed by atoms with van der Waals surface area (Å²) >= 11 is 0. The van der Waals surface area contributed by atoms with Gasteiger partial charge in [-0.05, 0) is 24.1 Å². The number of nitrogens with zero attached hydrogens (tertiary/aromatic N) is 2. The molecule has 1 aliphatic rings. The van der Waals surface area contributed by atoms with Gasteiger partial charge in [-0.2, -0.15) is 0 Å². The fourth-order valence-electron chi connectivity index (χ4n) is 3.23. The van der Waals surface area contributed by atoms with Gasteiger partial charge in [-0.1, -0.05) is 56.3 Å². The van der Waals surface area contributed by atoms with E-state index in [9.17, 15) is 4.79 Å². The molecule has 0 N–H and O–H groups in total. The second-order valence-corrected chi connectivity index (χ2v) is 6.33. The van der Waals surface area contributed by atoms with Crippen molar-refractivity contribution < 1.29 is 4.79 Å². The van der Waals surface area contributed by atoms with Crippen LogP contribution in [0.25, 0.3) is 16.6 Å². The number of carbonyl (C=O) groups is 1. The number of rotatable bonds is 2. The number of allylic oxidation sites excluding steroid dienone is 1. The molecule has 118 valence electrons. The quantitative estimate of drug-likeness (QED) is 0.674. The lowest BCUT2D eigenvalue weighted by Gasteiger charge is -2.20. The molecule has 4 rings (SSSR count). The molecule has 0 radical (unpaired) electrons. The number of amides is 1. The van der Waals surface area contributed by atoms with E-state index in [-0.39, 0.29) is 5.91 Å². The van der Waals surface area contributed by atoms with Gasteiger partial charge in [0.15, 0.2) is 0 Å². The Morgan fingerprint density at radius 1 is 0.958 bits per heavy atom. The Hall–Kier alpha value is -2.94. The van der Waals surface area contributed by atoms with Crippen molar-refractivity contribution in [1.82, 2.24) is 4.98 Å². The standard InChI is InChI=1S/C21H18N2O/c1-14(2)13-19-16-9-3-4-10-17(16)21(24)23(19)18-11-5-7-15-8-6-12-22-20(15)18/h3-14H,1-2H3. The predicted molar refractivity (Wildman–Crippen MR) is 97.8 cm³/mol. The Kier molecular flexibility index (Phi) is 3.42. The van der Waals surface area contributed by atoms with Crippen molar-refractivity contribution in [1.29, 1.82) is 0 Å². The number of para-hydroxylation sites is 1. The van der Waals surface area contributed by atoms with Crippen molar-refractivity contribution in [3.05, 3.63) is 78.0 Å². The van der Waals surface area contributed by atoms with Crippen LogP contribution in [0.15, 0.2) is 66.9 Å². The van der Waals surface area contributed by atoms with Crippen molar-refractivity contribution in [2.75, 3.05) is 4.90 Å². The Bertz CT molecular complexity index is 967. The van der Waals surface area contributed by atoms with Crippen molar-refractivity contribution in [3.63, 3.8) is 0 Å². The van der Waals surface area contributed by atoms with E-state index in [1.807, 2.05) is 54.6 Å². The number of fused-ring (bicyclic) bond motifs is 2. The zero-order valence-corrected chi connectivity index (χ0v) is 13.7. The van der Waals surface area contributed by atoms with Crippen LogP contribution in [0.5, 0.6) is 0 Å². The van der Waals surface area contributed by atoms with Gasteiger partial charge >= 0.3 is 0 Å². The molecule has 3 heteroatoms. The molecule has 0 unspecified atom stereocenters. The maximum absolute atomic E-state index is 13.1. The third kappa shape index (κ3) is 2.21. The minimum atomic E-state index is 0.00986. The van der Waals surface area contributed by atoms with Gasteiger partial charge in [-0.15, -0.1) is 0 Å². The highest BCUT2D eigenvalue weighted by molar-refractivity contribution is 6.24. The van der Waals surface area contributed by atoms with Gasteiger partial charge in [0.1, 0.15) is 0 Å². The van der Waals surface area contributed by atoms with E-state index >= 15 is 0 Å². The average molecular weight is 314 g/mol. The van der Waals surface area contributed by atoms with Crippen LogP contribution in [-0.4, -0.2) is 10.9 Å². The van der Waals surface area contributed by atoms with E-state index in [2.05, 4.69) is 24.9 Å². The molecular formula is C21H18N2O. The van der Waals surface area contributed by atoms with Crippen molar-refractivity contribution >= 4 is 28.2 Å². The molecule has 0 bridgehead atoms. The van der Waals surface area contributed by atoms with Gasteiger partial charge in [0, 0.05) is 22.7 Å². The number of pyridine rings is 1. The number of hydrogen-bond donors (Lipinski definition) is 0. The van der Waals surface area contributed by atoms with Crippen LogP contribution in [0, 0.1) is 5.92 Å². The Morgan fingerprint density at radius 3 is 2.50 bits per heavy atom. The monoisotopic (exact) mass is 314 g/mol. The summed E-state index contributed by atoms with van der Waals surface area (Å²) in [6.07, 6.45) is 3.91. The predicted octanol–water partition coefficient (Wildman–Crippen LogP) is 4.89. The number of anilines is 1. The molecule has 0 saturated heterocycles. The first-order valence-electron chi connectivity index (χ1n) is 8.16. The zero-order valence-electron chi connectivity index (χ0n) is 13.7. The van der Waals surface area contributed by atoms with Crippen LogP contribution in [0.1, 0.15) is 29.8 Å². The summed E-state index contributed by atoms with van der Waals surface area (Å²) in [7, 11) is 0. The molecule has 0 atom stereocenters. The Labute approximate surface area is 141 Å². The number of aromatic nitrogens is 1. The molecule has 2 heterocycles. The molecule has 24 heavy (non-hydrogen) atoms. The van der Waals surface area contributed by atoms with Crippen molar-refractivity contribution in [2.24, 2.45) is 5.92 Å². The fourth-order valence-corrected chi connectivity index (χ4v) is 3.23. The molecule has 1 amide bonds. The average Bonchev–Trinajstić information content (AvgIpc) is 2.86. The van der Waals surface area contributed by atoms with Gasteiger partial charge in [0.25, 0.3) is 5.91 Å². The van der Waals surface area contributed by atoms with Gasteiger partial charge in [0.2, 0.25) is 0 Å².